The van der Waals surface area contributed by atoms with E-state index in [9.17, 15) is 9.18 Å². The maximum atomic E-state index is 14.2. The number of nitrogens with one attached hydrogen (secondary N) is 1. The summed E-state index contributed by atoms with van der Waals surface area (Å²) in [4.78, 5) is 11.9. The zero-order valence-corrected chi connectivity index (χ0v) is 17.1. The Kier molecular flexibility index (Phi) is 5.46. The molecule has 8 heteroatoms. The van der Waals surface area contributed by atoms with Gasteiger partial charge in [-0.05, 0) is 49.1 Å². The second kappa shape index (κ2) is 8.55. The lowest BCUT2D eigenvalue weighted by Gasteiger charge is -2.23. The van der Waals surface area contributed by atoms with Crippen LogP contribution in [0.15, 0.2) is 42.5 Å². The molecule has 1 fully saturated rings. The molecule has 1 saturated heterocycles. The number of fused-ring (bicyclic) bond motifs is 4. The zero-order valence-electron chi connectivity index (χ0n) is 17.1. The van der Waals surface area contributed by atoms with E-state index in [4.69, 9.17) is 19.3 Å². The summed E-state index contributed by atoms with van der Waals surface area (Å²) in [5, 5.41) is 8.24. The second-order valence-corrected chi connectivity index (χ2v) is 7.86. The van der Waals surface area contributed by atoms with Crippen molar-refractivity contribution in [2.24, 2.45) is 0 Å². The third kappa shape index (κ3) is 4.20. The molecular formula is C23H24FN3O4. The fourth-order valence-electron chi connectivity index (χ4n) is 4.01. The molecule has 0 saturated carbocycles. The first-order valence-corrected chi connectivity index (χ1v) is 10.6. The summed E-state index contributed by atoms with van der Waals surface area (Å²) in [5.41, 5.74) is 3.45. The van der Waals surface area contributed by atoms with Crippen LogP contribution in [-0.2, 0) is 16.1 Å². The van der Waals surface area contributed by atoms with Gasteiger partial charge in [0, 0.05) is 17.6 Å². The van der Waals surface area contributed by atoms with Crippen molar-refractivity contribution in [1.82, 2.24) is 15.1 Å². The Morgan fingerprint density at radius 1 is 1.13 bits per heavy atom. The van der Waals surface area contributed by atoms with E-state index in [1.165, 1.54) is 0 Å². The molecule has 1 aromatic heterocycles. The van der Waals surface area contributed by atoms with Crippen LogP contribution >= 0.6 is 0 Å². The van der Waals surface area contributed by atoms with Gasteiger partial charge in [0.2, 0.25) is 0 Å². The molecule has 0 radical (unpaired) electrons. The molecule has 3 aromatic rings. The lowest BCUT2D eigenvalue weighted by molar-refractivity contribution is -0.0365. The highest BCUT2D eigenvalue weighted by Gasteiger charge is 2.22. The number of amides is 1. The number of alkyl carbamates (subject to hydrolysis) is 1. The molecule has 0 aliphatic carbocycles. The van der Waals surface area contributed by atoms with E-state index in [1.54, 1.807) is 0 Å². The number of aromatic nitrogens is 2. The Balaban J connectivity index is 1.61. The number of carbonyl (C=O) groups excluding carboxylic acids is 1. The molecule has 162 valence electrons. The average molecular weight is 425 g/mol. The lowest BCUT2D eigenvalue weighted by atomic mass is 10.0. The lowest BCUT2D eigenvalue weighted by Crippen LogP contribution is -2.33. The summed E-state index contributed by atoms with van der Waals surface area (Å²) in [6.45, 7) is 0.455. The molecule has 1 amide bonds. The normalized spacial score (nSPS) is 22.2. The van der Waals surface area contributed by atoms with E-state index in [-0.39, 0.29) is 26.0 Å². The van der Waals surface area contributed by atoms with Crippen LogP contribution in [-0.4, -0.2) is 41.8 Å². The topological polar surface area (TPSA) is 74.6 Å². The van der Waals surface area contributed by atoms with Crippen molar-refractivity contribution in [3.63, 3.8) is 0 Å². The van der Waals surface area contributed by atoms with Gasteiger partial charge in [-0.15, -0.1) is 0 Å². The molecule has 2 aliphatic rings. The van der Waals surface area contributed by atoms with Gasteiger partial charge in [0.1, 0.15) is 24.7 Å². The number of rotatable bonds is 1. The van der Waals surface area contributed by atoms with Gasteiger partial charge in [0.25, 0.3) is 0 Å². The van der Waals surface area contributed by atoms with Gasteiger partial charge in [-0.1, -0.05) is 18.2 Å². The van der Waals surface area contributed by atoms with E-state index in [0.29, 0.717) is 5.75 Å². The molecule has 0 spiro atoms. The van der Waals surface area contributed by atoms with Crippen molar-refractivity contribution < 1.29 is 23.4 Å². The molecule has 2 aromatic carbocycles. The highest BCUT2D eigenvalue weighted by atomic mass is 19.1. The molecule has 31 heavy (non-hydrogen) atoms. The van der Waals surface area contributed by atoms with Crippen molar-refractivity contribution >= 4 is 17.0 Å². The van der Waals surface area contributed by atoms with Gasteiger partial charge in [0.05, 0.1) is 12.1 Å². The van der Waals surface area contributed by atoms with Gasteiger partial charge in [0.15, 0.2) is 12.4 Å². The molecule has 2 atom stereocenters. The Morgan fingerprint density at radius 3 is 2.94 bits per heavy atom. The first-order chi connectivity index (χ1) is 15.2. The quantitative estimate of drug-likeness (QED) is 0.627. The van der Waals surface area contributed by atoms with Gasteiger partial charge in [-0.3, -0.25) is 0 Å². The minimum Gasteiger partial charge on any atom is -0.490 e. The summed E-state index contributed by atoms with van der Waals surface area (Å²) in [7, 11) is 0. The van der Waals surface area contributed by atoms with Gasteiger partial charge >= 0.3 is 6.09 Å². The van der Waals surface area contributed by atoms with Crippen LogP contribution in [0.3, 0.4) is 0 Å². The van der Waals surface area contributed by atoms with Crippen LogP contribution < -0.4 is 10.1 Å². The summed E-state index contributed by atoms with van der Waals surface area (Å²) < 4.78 is 33.0. The molecule has 3 heterocycles. The maximum absolute atomic E-state index is 14.2. The number of hydrogen-bond acceptors (Lipinski definition) is 5. The summed E-state index contributed by atoms with van der Waals surface area (Å²) in [6, 6.07) is 13.4. The summed E-state index contributed by atoms with van der Waals surface area (Å²) in [6.07, 6.45) is 0.918. The number of nitrogens with zero attached hydrogens (tertiary/aromatic N) is 2. The summed E-state index contributed by atoms with van der Waals surface area (Å²) in [5.74, 6) is 0.550. The Hall–Kier alpha value is -3.13. The molecule has 5 rings (SSSR count). The van der Waals surface area contributed by atoms with Crippen molar-refractivity contribution in [3.8, 4) is 17.0 Å². The second-order valence-electron chi connectivity index (χ2n) is 7.86. The minimum atomic E-state index is -1.35. The first-order valence-electron chi connectivity index (χ1n) is 10.6. The highest BCUT2D eigenvalue weighted by molar-refractivity contribution is 5.94. The van der Waals surface area contributed by atoms with E-state index < -0.39 is 12.3 Å². The number of benzene rings is 2. The molecule has 1 unspecified atom stereocenters. The standard InChI is InChI=1S/C23H24FN3O4/c24-17-12-25-23(28)31-13-15-4-3-5-16(10-15)22-19-11-18(30-14-17)7-8-20(19)27(26-22)21-6-1-2-9-29-21/h3-5,7-8,10-11,17,21H,1-2,6,9,12-14H2,(H,25,28)/t17-,21?/m0/s1. The third-order valence-corrected chi connectivity index (χ3v) is 5.58. The SMILES string of the molecule is O=C1NC[C@H](F)COc2ccc3c(c2)c(nn3C2CCCCO2)-c2cccc(c2)CO1. The van der Waals surface area contributed by atoms with Gasteiger partial charge < -0.3 is 19.5 Å². The number of alkyl halides is 1. The van der Waals surface area contributed by atoms with E-state index >= 15 is 0 Å². The molecule has 7 nitrogen and oxygen atoms in total. The van der Waals surface area contributed by atoms with E-state index in [0.717, 1.165) is 53.6 Å². The number of hydrogen-bond donors (Lipinski definition) is 1. The molecule has 2 aliphatic heterocycles. The van der Waals surface area contributed by atoms with Crippen LogP contribution in [0.25, 0.3) is 22.2 Å². The Morgan fingerprint density at radius 2 is 2.06 bits per heavy atom. The van der Waals surface area contributed by atoms with Crippen molar-refractivity contribution in [1.29, 1.82) is 0 Å². The average Bonchev–Trinajstić information content (AvgIpc) is 3.19. The molecule has 1 N–H and O–H groups in total. The monoisotopic (exact) mass is 425 g/mol. The fraction of sp³-hybridized carbons (Fsp3) is 0.391. The minimum absolute atomic E-state index is 0.0861. The predicted octanol–water partition coefficient (Wildman–Crippen LogP) is 4.36. The van der Waals surface area contributed by atoms with Crippen molar-refractivity contribution in [3.05, 3.63) is 48.0 Å². The van der Waals surface area contributed by atoms with Crippen molar-refractivity contribution in [2.45, 2.75) is 38.3 Å². The zero-order chi connectivity index (χ0) is 21.2. The van der Waals surface area contributed by atoms with Crippen LogP contribution in [0.5, 0.6) is 5.75 Å². The highest BCUT2D eigenvalue weighted by Crippen LogP contribution is 2.35. The largest absolute Gasteiger partial charge is 0.490 e. The van der Waals surface area contributed by atoms with Crippen LogP contribution in [0.1, 0.15) is 31.1 Å². The first kappa shape index (κ1) is 19.8. The smallest absolute Gasteiger partial charge is 0.407 e. The van der Waals surface area contributed by atoms with E-state index in [2.05, 4.69) is 5.32 Å². The van der Waals surface area contributed by atoms with Crippen LogP contribution in [0.2, 0.25) is 0 Å². The van der Waals surface area contributed by atoms with Crippen LogP contribution in [0, 0.1) is 0 Å². The van der Waals surface area contributed by atoms with Crippen LogP contribution in [0.4, 0.5) is 9.18 Å². The Bertz CT molecular complexity index is 1090. The predicted molar refractivity (Wildman–Crippen MR) is 113 cm³/mol. The van der Waals surface area contributed by atoms with Gasteiger partial charge in [-0.25, -0.2) is 13.9 Å². The fourth-order valence-corrected chi connectivity index (χ4v) is 4.01. The third-order valence-electron chi connectivity index (χ3n) is 5.58. The van der Waals surface area contributed by atoms with Gasteiger partial charge in [-0.2, -0.15) is 5.10 Å². The molecular weight excluding hydrogens is 401 g/mol. The van der Waals surface area contributed by atoms with E-state index in [1.807, 2.05) is 47.1 Å². The summed E-state index contributed by atoms with van der Waals surface area (Å²) >= 11 is 0. The maximum Gasteiger partial charge on any atom is 0.407 e. The molecule has 4 bridgehead atoms. The van der Waals surface area contributed by atoms with Crippen molar-refractivity contribution in [2.75, 3.05) is 19.8 Å². The number of carbonyl (C=O) groups is 1. The Labute approximate surface area is 179 Å². The number of halogens is 1. The number of cyclic esters (lactones) is 1. The number of ether oxygens (including phenoxy) is 3.